The second-order valence-corrected chi connectivity index (χ2v) is 15.3. The molecule has 2 N–H and O–H groups in total. The summed E-state index contributed by atoms with van der Waals surface area (Å²) in [7, 11) is 0. The number of amides is 2. The largest absolute Gasteiger partial charge is 0.460 e. The van der Waals surface area contributed by atoms with Gasteiger partial charge < -0.3 is 18.9 Å². The minimum absolute atomic E-state index is 0.0545. The van der Waals surface area contributed by atoms with Gasteiger partial charge in [0.1, 0.15) is 28.3 Å². The third kappa shape index (κ3) is 15.3. The lowest BCUT2D eigenvalue weighted by molar-refractivity contribution is -0.153. The lowest BCUT2D eigenvalue weighted by Gasteiger charge is -2.22. The van der Waals surface area contributed by atoms with E-state index in [2.05, 4.69) is 15.6 Å². The average Bonchev–Trinajstić information content (AvgIpc) is 2.96. The Morgan fingerprint density at radius 1 is 0.654 bits per heavy atom. The number of nitrogens with one attached hydrogen (secondary N) is 2. The summed E-state index contributed by atoms with van der Waals surface area (Å²) < 4.78 is 21.4. The molecule has 12 nitrogen and oxygen atoms in total. The molecule has 2 amide bonds. The fraction of sp³-hybridized carbons (Fsp3) is 0.385. The number of alkyl carbamates (subject to hydrolysis) is 2. The fourth-order valence-corrected chi connectivity index (χ4v) is 4.72. The molecular formula is C39H46ClN3O9. The number of carbonyl (C=O) groups excluding carboxylic acids is 5. The van der Waals surface area contributed by atoms with Crippen molar-refractivity contribution >= 4 is 53.2 Å². The monoisotopic (exact) mass is 735 g/mol. The molecule has 0 spiro atoms. The third-order valence-electron chi connectivity index (χ3n) is 6.37. The van der Waals surface area contributed by atoms with E-state index in [0.29, 0.717) is 5.56 Å². The maximum atomic E-state index is 12.9. The zero-order valence-corrected chi connectivity index (χ0v) is 31.7. The molecule has 0 aromatic heterocycles. The van der Waals surface area contributed by atoms with Gasteiger partial charge in [-0.3, -0.25) is 20.2 Å². The van der Waals surface area contributed by atoms with Crippen molar-refractivity contribution in [1.29, 1.82) is 0 Å². The van der Waals surface area contributed by atoms with Crippen LogP contribution < -0.4 is 15.4 Å². The molecule has 0 radical (unpaired) electrons. The molecule has 3 aromatic rings. The van der Waals surface area contributed by atoms with E-state index >= 15 is 0 Å². The molecule has 13 heteroatoms. The van der Waals surface area contributed by atoms with Gasteiger partial charge in [0.25, 0.3) is 0 Å². The van der Waals surface area contributed by atoms with E-state index in [1.54, 1.807) is 80.5 Å². The van der Waals surface area contributed by atoms with Gasteiger partial charge in [0.15, 0.2) is 0 Å². The number of esters is 2. The van der Waals surface area contributed by atoms with Crippen LogP contribution in [-0.4, -0.2) is 52.7 Å². The highest BCUT2D eigenvalue weighted by Gasteiger charge is 2.22. The van der Waals surface area contributed by atoms with Crippen molar-refractivity contribution in [2.24, 2.45) is 4.99 Å². The van der Waals surface area contributed by atoms with Gasteiger partial charge in [-0.2, -0.15) is 0 Å². The minimum atomic E-state index is -0.849. The van der Waals surface area contributed by atoms with Gasteiger partial charge in [-0.15, -0.1) is 0 Å². The summed E-state index contributed by atoms with van der Waals surface area (Å²) in [5, 5.41) is 5.04. The van der Waals surface area contributed by atoms with Crippen molar-refractivity contribution in [1.82, 2.24) is 10.6 Å². The highest BCUT2D eigenvalue weighted by atomic mass is 35.5. The Hall–Kier alpha value is -5.23. The van der Waals surface area contributed by atoms with Gasteiger partial charge in [0.05, 0.1) is 17.7 Å². The molecule has 0 atom stereocenters. The van der Waals surface area contributed by atoms with E-state index in [9.17, 15) is 24.0 Å². The van der Waals surface area contributed by atoms with Crippen LogP contribution >= 0.6 is 11.6 Å². The smallest absolute Gasteiger partial charge is 0.414 e. The number of aliphatic imine (C=N–C) groups is 1. The van der Waals surface area contributed by atoms with Crippen molar-refractivity contribution in [3.05, 3.63) is 94.0 Å². The number of ketones is 1. The van der Waals surface area contributed by atoms with E-state index < -0.39 is 35.0 Å². The maximum absolute atomic E-state index is 12.9. The molecule has 0 saturated carbocycles. The number of Topliss-reactive ketones (excluding diaryl/α,β-unsaturated/α-hetero) is 1. The Morgan fingerprint density at radius 2 is 1.19 bits per heavy atom. The number of carbonyl (C=O) groups is 5. The molecule has 52 heavy (non-hydrogen) atoms. The summed E-state index contributed by atoms with van der Waals surface area (Å²) in [5.41, 5.74) is 0.361. The van der Waals surface area contributed by atoms with Crippen molar-refractivity contribution in [3.8, 4) is 5.75 Å². The quantitative estimate of drug-likeness (QED) is 0.0734. The van der Waals surface area contributed by atoms with Crippen LogP contribution in [0.25, 0.3) is 0 Å². The van der Waals surface area contributed by atoms with Gasteiger partial charge in [-0.1, -0.05) is 41.9 Å². The Kier molecular flexibility index (Phi) is 13.7. The van der Waals surface area contributed by atoms with E-state index in [1.807, 2.05) is 18.2 Å². The molecular weight excluding hydrogens is 690 g/mol. The number of hydrogen-bond acceptors (Lipinski definition) is 10. The summed E-state index contributed by atoms with van der Waals surface area (Å²) >= 11 is 6.47. The van der Waals surface area contributed by atoms with Crippen LogP contribution in [0.15, 0.2) is 71.7 Å². The number of benzene rings is 3. The van der Waals surface area contributed by atoms with Crippen LogP contribution in [0.5, 0.6) is 5.75 Å². The zero-order chi connectivity index (χ0) is 38.9. The molecule has 0 saturated heterocycles. The van der Waals surface area contributed by atoms with Crippen LogP contribution in [0.1, 0.15) is 89.4 Å². The molecule has 3 aromatic carbocycles. The predicted octanol–water partition coefficient (Wildman–Crippen LogP) is 7.83. The van der Waals surface area contributed by atoms with Crippen LogP contribution in [0, 0.1) is 0 Å². The second-order valence-electron chi connectivity index (χ2n) is 14.9. The molecule has 0 bridgehead atoms. The van der Waals surface area contributed by atoms with Gasteiger partial charge in [0, 0.05) is 17.9 Å². The van der Waals surface area contributed by atoms with Crippen LogP contribution in [0.2, 0.25) is 5.02 Å². The molecule has 0 aliphatic carbocycles. The maximum Gasteiger partial charge on any atom is 0.414 e. The molecule has 0 aliphatic heterocycles. The molecule has 0 heterocycles. The van der Waals surface area contributed by atoms with E-state index in [1.165, 1.54) is 30.3 Å². The lowest BCUT2D eigenvalue weighted by Crippen LogP contribution is -2.47. The third-order valence-corrected chi connectivity index (χ3v) is 6.72. The van der Waals surface area contributed by atoms with Crippen LogP contribution in [0.4, 0.5) is 15.3 Å². The number of rotatable bonds is 9. The molecule has 0 fully saturated rings. The average molecular weight is 736 g/mol. The SMILES string of the molecule is CC(C)(C)OC(=O)Cc1cccc(CC(=O)Cc2ccc(OC(=O)c3ccc(N=C(NC(=O)OC(C)(C)C)NC(=O)OC(C)(C)C)cc3)cc2Cl)c1. The summed E-state index contributed by atoms with van der Waals surface area (Å²) in [6, 6.07) is 17.7. The van der Waals surface area contributed by atoms with Crippen LogP contribution in [0.3, 0.4) is 0 Å². The van der Waals surface area contributed by atoms with Gasteiger partial charge in [-0.05, 0) is 115 Å². The van der Waals surface area contributed by atoms with Crippen molar-refractivity contribution in [2.45, 2.75) is 98.4 Å². The first kappa shape index (κ1) is 41.2. The van der Waals surface area contributed by atoms with Gasteiger partial charge in [0.2, 0.25) is 5.96 Å². The summed E-state index contributed by atoms with van der Waals surface area (Å²) in [6.45, 7) is 15.5. The van der Waals surface area contributed by atoms with Gasteiger partial charge in [-0.25, -0.2) is 19.4 Å². The Bertz CT molecular complexity index is 1780. The summed E-state index contributed by atoms with van der Waals surface area (Å²) in [5.74, 6) is -1.19. The lowest BCUT2D eigenvalue weighted by atomic mass is 10.0. The van der Waals surface area contributed by atoms with Gasteiger partial charge >= 0.3 is 24.1 Å². The first-order valence-corrected chi connectivity index (χ1v) is 16.9. The van der Waals surface area contributed by atoms with Crippen molar-refractivity contribution < 1.29 is 42.9 Å². The van der Waals surface area contributed by atoms with E-state index in [4.69, 9.17) is 30.5 Å². The predicted molar refractivity (Wildman–Crippen MR) is 197 cm³/mol. The molecule has 3 rings (SSSR count). The second kappa shape index (κ2) is 17.3. The normalized spacial score (nSPS) is 11.5. The number of nitrogens with zero attached hydrogens (tertiary/aromatic N) is 1. The fourth-order valence-electron chi connectivity index (χ4n) is 4.49. The minimum Gasteiger partial charge on any atom is -0.460 e. The molecule has 0 aliphatic rings. The standard InChI is InChI=1S/C39H46ClN3O9/c1-37(2,3)50-32(45)21-25-12-10-11-24(19-25)20-29(44)22-27-15-18-30(23-31(27)40)49-33(46)26-13-16-28(17-14-26)41-34(42-35(47)51-38(4,5)6)43-36(48)52-39(7,8)9/h10-19,23H,20-22H2,1-9H3,(H2,41,42,43,47,48). The zero-order valence-electron chi connectivity index (χ0n) is 31.0. The summed E-state index contributed by atoms with van der Waals surface area (Å²) in [6.07, 6.45) is -1.40. The Morgan fingerprint density at radius 3 is 1.71 bits per heavy atom. The topological polar surface area (TPSA) is 159 Å². The first-order valence-electron chi connectivity index (χ1n) is 16.5. The van der Waals surface area contributed by atoms with E-state index in [-0.39, 0.29) is 59.0 Å². The Labute approximate surface area is 309 Å². The highest BCUT2D eigenvalue weighted by molar-refractivity contribution is 6.31. The van der Waals surface area contributed by atoms with Crippen molar-refractivity contribution in [3.63, 3.8) is 0 Å². The van der Waals surface area contributed by atoms with Crippen molar-refractivity contribution in [2.75, 3.05) is 0 Å². The Balaban J connectivity index is 1.63. The highest BCUT2D eigenvalue weighted by Crippen LogP contribution is 2.25. The number of guanidine groups is 1. The number of hydrogen-bond donors (Lipinski definition) is 2. The van der Waals surface area contributed by atoms with E-state index in [0.717, 1.165) is 11.1 Å². The molecule has 278 valence electrons. The van der Waals surface area contributed by atoms with Crippen LogP contribution in [-0.2, 0) is 43.1 Å². The number of ether oxygens (including phenoxy) is 4. The summed E-state index contributed by atoms with van der Waals surface area (Å²) in [4.78, 5) is 67.1. The molecule has 0 unspecified atom stereocenters. The first-order chi connectivity index (χ1) is 24.0. The number of halogens is 1.